The van der Waals surface area contributed by atoms with E-state index in [4.69, 9.17) is 9.47 Å². The first-order chi connectivity index (χ1) is 9.94. The van der Waals surface area contributed by atoms with Gasteiger partial charge in [-0.1, -0.05) is 13.0 Å². The van der Waals surface area contributed by atoms with Crippen LogP contribution in [-0.2, 0) is 18.6 Å². The Labute approximate surface area is 129 Å². The van der Waals surface area contributed by atoms with Gasteiger partial charge in [0.05, 0.1) is 23.3 Å². The molecule has 4 nitrogen and oxygen atoms in total. The van der Waals surface area contributed by atoms with Gasteiger partial charge in [-0.25, -0.2) is 4.98 Å². The largest absolute Gasteiger partial charge is 0.497 e. The van der Waals surface area contributed by atoms with Crippen LogP contribution in [0.3, 0.4) is 0 Å². The average molecular weight is 307 g/mol. The summed E-state index contributed by atoms with van der Waals surface area (Å²) < 4.78 is 10.9. The van der Waals surface area contributed by atoms with E-state index in [0.717, 1.165) is 33.5 Å². The highest BCUT2D eigenvalue weighted by Gasteiger charge is 2.24. The molecule has 1 aromatic heterocycles. The minimum absolute atomic E-state index is 0.390. The van der Waals surface area contributed by atoms with Crippen LogP contribution in [0.4, 0.5) is 0 Å². The predicted molar refractivity (Wildman–Crippen MR) is 84.1 cm³/mol. The van der Waals surface area contributed by atoms with E-state index in [1.165, 1.54) is 11.3 Å². The molecule has 1 heterocycles. The molecule has 0 radical (unpaired) electrons. The maximum Gasteiger partial charge on any atom is 0.140 e. The molecule has 0 amide bonds. The van der Waals surface area contributed by atoms with Gasteiger partial charge in [-0.15, -0.1) is 11.3 Å². The van der Waals surface area contributed by atoms with Crippen molar-refractivity contribution in [1.82, 2.24) is 4.98 Å². The Morgan fingerprint density at radius 1 is 1.29 bits per heavy atom. The molecule has 0 saturated carbocycles. The lowest BCUT2D eigenvalue weighted by Gasteiger charge is -2.15. The summed E-state index contributed by atoms with van der Waals surface area (Å²) in [6, 6.07) is 7.48. The fraction of sp³-hybridized carbons (Fsp3) is 0.438. The Kier molecular flexibility index (Phi) is 4.85. The van der Waals surface area contributed by atoms with Crippen LogP contribution in [0.1, 0.15) is 36.3 Å². The first kappa shape index (κ1) is 15.8. The normalized spacial score (nSPS) is 11.5. The molecule has 2 aromatic rings. The number of aryl methyl sites for hydroxylation is 1. The number of methoxy groups -OCH3 is 1. The van der Waals surface area contributed by atoms with Gasteiger partial charge in [-0.3, -0.25) is 0 Å². The monoisotopic (exact) mass is 307 g/mol. The number of thiazole rings is 1. The van der Waals surface area contributed by atoms with Crippen molar-refractivity contribution in [1.29, 1.82) is 0 Å². The Hall–Kier alpha value is -1.59. The topological polar surface area (TPSA) is 51.6 Å². The lowest BCUT2D eigenvalue weighted by Crippen LogP contribution is -2.15. The van der Waals surface area contributed by atoms with Crippen molar-refractivity contribution in [2.45, 2.75) is 39.4 Å². The van der Waals surface area contributed by atoms with Gasteiger partial charge in [-0.05, 0) is 32.4 Å². The molecule has 0 fully saturated rings. The van der Waals surface area contributed by atoms with Gasteiger partial charge in [0.25, 0.3) is 0 Å². The van der Waals surface area contributed by atoms with Crippen LogP contribution in [-0.4, -0.2) is 17.2 Å². The summed E-state index contributed by atoms with van der Waals surface area (Å²) in [6.07, 6.45) is 0.801. The fourth-order valence-electron chi connectivity index (χ4n) is 2.02. The van der Waals surface area contributed by atoms with Crippen molar-refractivity contribution in [3.63, 3.8) is 0 Å². The number of nitrogens with zero attached hydrogens (tertiary/aromatic N) is 1. The molecular formula is C16H21NO3S. The maximum absolute atomic E-state index is 10.2. The standard InChI is InChI=1S/C16H21NO3S/c1-5-13-15(16(2,3)18)21-14(17-13)10-20-12-8-6-7-11(9-12)19-4/h6-9,18H,5,10H2,1-4H3. The first-order valence-corrected chi connectivity index (χ1v) is 7.74. The van der Waals surface area contributed by atoms with Crippen LogP contribution in [0, 0.1) is 0 Å². The van der Waals surface area contributed by atoms with Crippen molar-refractivity contribution in [2.75, 3.05) is 7.11 Å². The quantitative estimate of drug-likeness (QED) is 0.887. The third kappa shape index (κ3) is 3.95. The first-order valence-electron chi connectivity index (χ1n) is 6.92. The molecule has 0 bridgehead atoms. The summed E-state index contributed by atoms with van der Waals surface area (Å²) in [5, 5.41) is 11.0. The van der Waals surface area contributed by atoms with E-state index in [9.17, 15) is 5.11 Å². The van der Waals surface area contributed by atoms with Crippen LogP contribution in [0.15, 0.2) is 24.3 Å². The molecule has 0 saturated heterocycles. The Bertz CT molecular complexity index is 602. The minimum Gasteiger partial charge on any atom is -0.497 e. The minimum atomic E-state index is -0.864. The number of aliphatic hydroxyl groups is 1. The summed E-state index contributed by atoms with van der Waals surface area (Å²) in [6.45, 7) is 6.00. The van der Waals surface area contributed by atoms with Gasteiger partial charge in [0.1, 0.15) is 23.1 Å². The molecular weight excluding hydrogens is 286 g/mol. The van der Waals surface area contributed by atoms with Crippen molar-refractivity contribution in [2.24, 2.45) is 0 Å². The molecule has 5 heteroatoms. The van der Waals surface area contributed by atoms with Gasteiger partial charge >= 0.3 is 0 Å². The van der Waals surface area contributed by atoms with E-state index in [1.54, 1.807) is 21.0 Å². The Morgan fingerprint density at radius 2 is 2.00 bits per heavy atom. The molecule has 114 valence electrons. The summed E-state index contributed by atoms with van der Waals surface area (Å²) >= 11 is 1.50. The highest BCUT2D eigenvalue weighted by Crippen LogP contribution is 2.31. The molecule has 0 unspecified atom stereocenters. The number of aromatic nitrogens is 1. The number of rotatable bonds is 6. The molecule has 0 aliphatic heterocycles. The highest BCUT2D eigenvalue weighted by atomic mass is 32.1. The van der Waals surface area contributed by atoms with Gasteiger partial charge in [0, 0.05) is 6.07 Å². The molecule has 21 heavy (non-hydrogen) atoms. The summed E-state index contributed by atoms with van der Waals surface area (Å²) in [4.78, 5) is 5.47. The smallest absolute Gasteiger partial charge is 0.140 e. The number of ether oxygens (including phenoxy) is 2. The zero-order valence-corrected chi connectivity index (χ0v) is 13.7. The summed E-state index contributed by atoms with van der Waals surface area (Å²) in [5.41, 5.74) is 0.0776. The third-order valence-corrected chi connectivity index (χ3v) is 4.42. The Balaban J connectivity index is 2.11. The van der Waals surface area contributed by atoms with E-state index < -0.39 is 5.60 Å². The second-order valence-corrected chi connectivity index (χ2v) is 6.35. The fourth-order valence-corrected chi connectivity index (χ4v) is 3.08. The van der Waals surface area contributed by atoms with Gasteiger partial charge in [-0.2, -0.15) is 0 Å². The summed E-state index contributed by atoms with van der Waals surface area (Å²) in [7, 11) is 1.63. The zero-order chi connectivity index (χ0) is 15.5. The predicted octanol–water partition coefficient (Wildman–Crippen LogP) is 3.52. The van der Waals surface area contributed by atoms with Gasteiger partial charge in [0.2, 0.25) is 0 Å². The lowest BCUT2D eigenvalue weighted by molar-refractivity contribution is 0.0814. The van der Waals surface area contributed by atoms with Gasteiger partial charge < -0.3 is 14.6 Å². The van der Waals surface area contributed by atoms with Crippen molar-refractivity contribution in [3.05, 3.63) is 39.8 Å². The summed E-state index contributed by atoms with van der Waals surface area (Å²) in [5.74, 6) is 1.51. The molecule has 0 aliphatic carbocycles. The average Bonchev–Trinajstić information content (AvgIpc) is 2.89. The second-order valence-electron chi connectivity index (χ2n) is 5.26. The zero-order valence-electron chi connectivity index (χ0n) is 12.8. The van der Waals surface area contributed by atoms with Crippen LogP contribution < -0.4 is 9.47 Å². The van der Waals surface area contributed by atoms with Crippen LogP contribution >= 0.6 is 11.3 Å². The molecule has 1 aromatic carbocycles. The molecule has 0 atom stereocenters. The van der Waals surface area contributed by atoms with Crippen LogP contribution in [0.2, 0.25) is 0 Å². The van der Waals surface area contributed by atoms with Crippen LogP contribution in [0.25, 0.3) is 0 Å². The molecule has 2 rings (SSSR count). The second kappa shape index (κ2) is 6.45. The molecule has 0 spiro atoms. The third-order valence-electron chi connectivity index (χ3n) is 3.04. The Morgan fingerprint density at radius 3 is 2.57 bits per heavy atom. The number of benzene rings is 1. The van der Waals surface area contributed by atoms with E-state index in [-0.39, 0.29) is 0 Å². The number of hydrogen-bond donors (Lipinski definition) is 1. The number of hydrogen-bond acceptors (Lipinski definition) is 5. The highest BCUT2D eigenvalue weighted by molar-refractivity contribution is 7.11. The maximum atomic E-state index is 10.2. The van der Waals surface area contributed by atoms with Gasteiger partial charge in [0.15, 0.2) is 0 Å². The van der Waals surface area contributed by atoms with Crippen molar-refractivity contribution < 1.29 is 14.6 Å². The van der Waals surface area contributed by atoms with E-state index >= 15 is 0 Å². The van der Waals surface area contributed by atoms with E-state index in [2.05, 4.69) is 4.98 Å². The van der Waals surface area contributed by atoms with Crippen molar-refractivity contribution >= 4 is 11.3 Å². The van der Waals surface area contributed by atoms with E-state index in [0.29, 0.717) is 6.61 Å². The molecule has 1 N–H and O–H groups in total. The van der Waals surface area contributed by atoms with Crippen LogP contribution in [0.5, 0.6) is 11.5 Å². The lowest BCUT2D eigenvalue weighted by atomic mass is 10.1. The SMILES string of the molecule is CCc1nc(COc2cccc(OC)c2)sc1C(C)(C)O. The molecule has 0 aliphatic rings. The van der Waals surface area contributed by atoms with E-state index in [1.807, 2.05) is 31.2 Å². The van der Waals surface area contributed by atoms with Crippen molar-refractivity contribution in [3.8, 4) is 11.5 Å².